The van der Waals surface area contributed by atoms with Gasteiger partial charge in [-0.15, -0.1) is 0 Å². The molecular weight excluding hydrogens is 278 g/mol. The summed E-state index contributed by atoms with van der Waals surface area (Å²) in [6.45, 7) is 4.90. The SMILES string of the molecule is COCCNCc1cn(Cc2c(C)nn(C)c2Cl)cn1. The number of hydrogen-bond donors (Lipinski definition) is 1. The second-order valence-electron chi connectivity index (χ2n) is 4.69. The van der Waals surface area contributed by atoms with Crippen molar-refractivity contribution in [2.45, 2.75) is 20.0 Å². The molecule has 1 N–H and O–H groups in total. The molecule has 0 amide bonds. The zero-order valence-corrected chi connectivity index (χ0v) is 12.8. The van der Waals surface area contributed by atoms with E-state index >= 15 is 0 Å². The van der Waals surface area contributed by atoms with Crippen LogP contribution in [0.1, 0.15) is 17.0 Å². The van der Waals surface area contributed by atoms with Crippen LogP contribution in [0.25, 0.3) is 0 Å². The Kier molecular flexibility index (Phi) is 5.17. The van der Waals surface area contributed by atoms with Crippen molar-refractivity contribution in [1.82, 2.24) is 24.6 Å². The molecule has 0 saturated heterocycles. The number of ether oxygens (including phenoxy) is 1. The van der Waals surface area contributed by atoms with E-state index in [4.69, 9.17) is 16.3 Å². The Balaban J connectivity index is 1.95. The molecule has 6 nitrogen and oxygen atoms in total. The summed E-state index contributed by atoms with van der Waals surface area (Å²) in [5.74, 6) is 0. The molecule has 20 heavy (non-hydrogen) atoms. The number of nitrogens with one attached hydrogen (secondary N) is 1. The highest BCUT2D eigenvalue weighted by atomic mass is 35.5. The van der Waals surface area contributed by atoms with Gasteiger partial charge in [0.25, 0.3) is 0 Å². The smallest absolute Gasteiger partial charge is 0.131 e. The topological polar surface area (TPSA) is 56.9 Å². The van der Waals surface area contributed by atoms with E-state index in [0.29, 0.717) is 18.3 Å². The molecule has 0 saturated carbocycles. The Hall–Kier alpha value is -1.37. The maximum absolute atomic E-state index is 6.23. The van der Waals surface area contributed by atoms with Crippen molar-refractivity contribution in [3.05, 3.63) is 34.6 Å². The van der Waals surface area contributed by atoms with Crippen LogP contribution in [0.15, 0.2) is 12.5 Å². The molecular formula is C13H20ClN5O. The highest BCUT2D eigenvalue weighted by Crippen LogP contribution is 2.19. The summed E-state index contributed by atoms with van der Waals surface area (Å²) in [4.78, 5) is 4.37. The number of rotatable bonds is 7. The summed E-state index contributed by atoms with van der Waals surface area (Å²) in [5.41, 5.74) is 2.98. The monoisotopic (exact) mass is 297 g/mol. The molecule has 110 valence electrons. The molecule has 0 spiro atoms. The van der Waals surface area contributed by atoms with Gasteiger partial charge in [-0.3, -0.25) is 4.68 Å². The van der Waals surface area contributed by atoms with Crippen molar-refractivity contribution in [2.24, 2.45) is 7.05 Å². The van der Waals surface area contributed by atoms with Crippen LogP contribution in [0.4, 0.5) is 0 Å². The fraction of sp³-hybridized carbons (Fsp3) is 0.538. The fourth-order valence-electron chi connectivity index (χ4n) is 2.01. The zero-order chi connectivity index (χ0) is 14.5. The summed E-state index contributed by atoms with van der Waals surface area (Å²) in [6.07, 6.45) is 3.83. The quantitative estimate of drug-likeness (QED) is 0.784. The number of halogens is 1. The van der Waals surface area contributed by atoms with Crippen LogP contribution in [0.2, 0.25) is 5.15 Å². The first-order valence-electron chi connectivity index (χ1n) is 6.50. The van der Waals surface area contributed by atoms with Gasteiger partial charge < -0.3 is 14.6 Å². The molecule has 0 radical (unpaired) electrons. The van der Waals surface area contributed by atoms with Gasteiger partial charge >= 0.3 is 0 Å². The van der Waals surface area contributed by atoms with Gasteiger partial charge in [-0.1, -0.05) is 11.6 Å². The fourth-order valence-corrected chi connectivity index (χ4v) is 2.25. The molecule has 7 heteroatoms. The van der Waals surface area contributed by atoms with Crippen LogP contribution in [-0.4, -0.2) is 39.6 Å². The minimum Gasteiger partial charge on any atom is -0.383 e. The van der Waals surface area contributed by atoms with E-state index in [-0.39, 0.29) is 0 Å². The number of methoxy groups -OCH3 is 1. The van der Waals surface area contributed by atoms with E-state index in [1.54, 1.807) is 11.8 Å². The molecule has 0 bridgehead atoms. The predicted octanol–water partition coefficient (Wildman–Crippen LogP) is 1.36. The zero-order valence-electron chi connectivity index (χ0n) is 12.1. The molecule has 2 rings (SSSR count). The standard InChI is InChI=1S/C13H20ClN5O/c1-10-12(13(14)18(2)17-10)8-19-7-11(16-9-19)6-15-4-5-20-3/h7,9,15H,4-6,8H2,1-3H3. The van der Waals surface area contributed by atoms with E-state index in [1.807, 2.05) is 31.1 Å². The number of aromatic nitrogens is 4. The highest BCUT2D eigenvalue weighted by Gasteiger charge is 2.11. The van der Waals surface area contributed by atoms with Crippen molar-refractivity contribution in [3.63, 3.8) is 0 Å². The van der Waals surface area contributed by atoms with Crippen molar-refractivity contribution in [2.75, 3.05) is 20.3 Å². The van der Waals surface area contributed by atoms with Gasteiger partial charge in [-0.25, -0.2) is 4.98 Å². The lowest BCUT2D eigenvalue weighted by atomic mass is 10.2. The molecule has 0 aliphatic heterocycles. The Bertz CT molecular complexity index is 563. The highest BCUT2D eigenvalue weighted by molar-refractivity contribution is 6.30. The second kappa shape index (κ2) is 6.88. The van der Waals surface area contributed by atoms with Crippen LogP contribution < -0.4 is 5.32 Å². The lowest BCUT2D eigenvalue weighted by Crippen LogP contribution is -2.18. The van der Waals surface area contributed by atoms with Crippen LogP contribution in [0, 0.1) is 6.92 Å². The van der Waals surface area contributed by atoms with Gasteiger partial charge in [0.15, 0.2) is 0 Å². The average Bonchev–Trinajstić information content (AvgIpc) is 2.96. The summed E-state index contributed by atoms with van der Waals surface area (Å²) in [7, 11) is 3.54. The molecule has 0 aromatic carbocycles. The lowest BCUT2D eigenvalue weighted by Gasteiger charge is -2.02. The third-order valence-electron chi connectivity index (χ3n) is 3.09. The third-order valence-corrected chi connectivity index (χ3v) is 3.56. The average molecular weight is 298 g/mol. The van der Waals surface area contributed by atoms with Gasteiger partial charge in [-0.05, 0) is 6.92 Å². The first-order chi connectivity index (χ1) is 9.61. The van der Waals surface area contributed by atoms with E-state index in [0.717, 1.165) is 30.0 Å². The van der Waals surface area contributed by atoms with E-state index in [9.17, 15) is 0 Å². The maximum Gasteiger partial charge on any atom is 0.131 e. The molecule has 0 unspecified atom stereocenters. The summed E-state index contributed by atoms with van der Waals surface area (Å²) < 4.78 is 8.69. The lowest BCUT2D eigenvalue weighted by molar-refractivity contribution is 0.199. The van der Waals surface area contributed by atoms with E-state index in [1.165, 1.54) is 0 Å². The Labute approximate surface area is 123 Å². The second-order valence-corrected chi connectivity index (χ2v) is 5.04. The Morgan fingerprint density at radius 2 is 2.25 bits per heavy atom. The normalized spacial score (nSPS) is 11.2. The molecule has 2 heterocycles. The minimum atomic E-state index is 0.677. The maximum atomic E-state index is 6.23. The summed E-state index contributed by atoms with van der Waals surface area (Å²) in [6, 6.07) is 0. The summed E-state index contributed by atoms with van der Waals surface area (Å²) >= 11 is 6.23. The summed E-state index contributed by atoms with van der Waals surface area (Å²) in [5, 5.41) is 8.25. The van der Waals surface area contributed by atoms with Gasteiger partial charge in [0, 0.05) is 39.0 Å². The number of nitrogens with zero attached hydrogens (tertiary/aromatic N) is 4. The Morgan fingerprint density at radius 1 is 1.45 bits per heavy atom. The number of hydrogen-bond acceptors (Lipinski definition) is 4. The molecule has 0 fully saturated rings. The van der Waals surface area contributed by atoms with Gasteiger partial charge in [-0.2, -0.15) is 5.10 Å². The molecule has 2 aromatic rings. The minimum absolute atomic E-state index is 0.677. The first kappa shape index (κ1) is 15.0. The third kappa shape index (κ3) is 3.59. The van der Waals surface area contributed by atoms with Gasteiger partial charge in [0.2, 0.25) is 0 Å². The largest absolute Gasteiger partial charge is 0.383 e. The van der Waals surface area contributed by atoms with Gasteiger partial charge in [0.1, 0.15) is 5.15 Å². The molecule has 2 aromatic heterocycles. The van der Waals surface area contributed by atoms with Gasteiger partial charge in [0.05, 0.1) is 30.9 Å². The van der Waals surface area contributed by atoms with Crippen LogP contribution >= 0.6 is 11.6 Å². The van der Waals surface area contributed by atoms with Crippen LogP contribution in [0.3, 0.4) is 0 Å². The molecule has 0 aliphatic rings. The number of aryl methyl sites for hydroxylation is 2. The molecule has 0 aliphatic carbocycles. The Morgan fingerprint density at radius 3 is 2.90 bits per heavy atom. The predicted molar refractivity (Wildman–Crippen MR) is 77.9 cm³/mol. The van der Waals surface area contributed by atoms with Crippen molar-refractivity contribution >= 4 is 11.6 Å². The van der Waals surface area contributed by atoms with E-state index in [2.05, 4.69) is 15.4 Å². The first-order valence-corrected chi connectivity index (χ1v) is 6.88. The van der Waals surface area contributed by atoms with Crippen LogP contribution in [0.5, 0.6) is 0 Å². The van der Waals surface area contributed by atoms with Crippen molar-refractivity contribution in [3.8, 4) is 0 Å². The van der Waals surface area contributed by atoms with Crippen molar-refractivity contribution in [1.29, 1.82) is 0 Å². The number of imidazole rings is 1. The van der Waals surface area contributed by atoms with Crippen molar-refractivity contribution < 1.29 is 4.74 Å². The molecule has 0 atom stereocenters. The van der Waals surface area contributed by atoms with E-state index < -0.39 is 0 Å². The van der Waals surface area contributed by atoms with Crippen LogP contribution in [-0.2, 0) is 24.9 Å².